The first kappa shape index (κ1) is 57.7. The fourth-order valence-corrected chi connectivity index (χ4v) is 16.0. The first-order valence-electron chi connectivity index (χ1n) is 34.2. The van der Waals surface area contributed by atoms with E-state index >= 15 is 0 Å². The average molecular weight is 1260 g/mol. The zero-order valence-corrected chi connectivity index (χ0v) is 54.3. The van der Waals surface area contributed by atoms with Crippen molar-refractivity contribution < 1.29 is 0 Å². The molecule has 0 bridgehead atoms. The van der Waals surface area contributed by atoms with Gasteiger partial charge < -0.3 is 28.6 Å². The molecule has 1 fully saturated rings. The smallest absolute Gasteiger partial charge is 0.382 e. The molecular formula is C90H63B3N6. The highest BCUT2D eigenvalue weighted by Gasteiger charge is 2.70. The van der Waals surface area contributed by atoms with E-state index in [0.29, 0.717) is 0 Å². The van der Waals surface area contributed by atoms with Gasteiger partial charge in [0, 0.05) is 50.8 Å². The van der Waals surface area contributed by atoms with Crippen molar-refractivity contribution in [3.63, 3.8) is 0 Å². The van der Waals surface area contributed by atoms with E-state index < -0.39 is 21.4 Å². The third-order valence-corrected chi connectivity index (χ3v) is 20.3. The third kappa shape index (κ3) is 9.84. The van der Waals surface area contributed by atoms with E-state index in [-0.39, 0.29) is 0 Å². The van der Waals surface area contributed by atoms with E-state index in [9.17, 15) is 0 Å². The summed E-state index contributed by atoms with van der Waals surface area (Å²) in [5.74, 6) is 0. The highest BCUT2D eigenvalue weighted by molar-refractivity contribution is 7.11. The summed E-state index contributed by atoms with van der Waals surface area (Å²) in [5, 5.41) is 0. The van der Waals surface area contributed by atoms with Crippen LogP contribution in [0.25, 0.3) is 100 Å². The number of rotatable bonds is 12. The standard InChI is InChI=1S/C90H63B3N6/c1-7-31-64(32-8-1)70-55-71(65-33-9-2-10-34-65)59-76(58-70)79-43-19-22-46-82(79)94-85-49-25-28-52-88(85)97-91(94)98-89-53-29-26-50-86(89)95(83-47-23-20-44-80(83)77-60-72(66-35-11-3-12-36-66)56-73(61-77)67-37-13-4-14-38-67)93(98)99-90-54-30-27-51-87(90)96(92(97)99)84-48-24-21-45-81(84)78-62-74(68-39-15-5-16-40-68)57-75(63-78)69-41-17-6-18-42-69/h1-63H. The maximum absolute atomic E-state index is 2.73. The van der Waals surface area contributed by atoms with Crippen molar-refractivity contribution in [3.05, 3.63) is 382 Å². The lowest BCUT2D eigenvalue weighted by molar-refractivity contribution is 1.25. The van der Waals surface area contributed by atoms with Crippen LogP contribution in [-0.4, -0.2) is 21.4 Å². The van der Waals surface area contributed by atoms with Gasteiger partial charge in [-0.1, -0.05) is 273 Å². The Morgan fingerprint density at radius 1 is 0.131 bits per heavy atom. The number of nitrogens with zero attached hydrogens (tertiary/aromatic N) is 6. The van der Waals surface area contributed by atoms with Gasteiger partial charge in [0.05, 0.1) is 17.1 Å². The Hall–Kier alpha value is -12.7. The summed E-state index contributed by atoms with van der Waals surface area (Å²) >= 11 is 0. The predicted octanol–water partition coefficient (Wildman–Crippen LogP) is 22.9. The Bertz CT molecular complexity index is 4800. The Kier molecular flexibility index (Phi) is 14.1. The van der Waals surface area contributed by atoms with Gasteiger partial charge in [0.1, 0.15) is 0 Å². The fourth-order valence-electron chi connectivity index (χ4n) is 16.0. The molecule has 99 heavy (non-hydrogen) atoms. The lowest BCUT2D eigenvalue weighted by atomic mass is 9.55. The topological polar surface area (TPSA) is 19.4 Å². The van der Waals surface area contributed by atoms with Gasteiger partial charge in [-0.15, -0.1) is 0 Å². The van der Waals surface area contributed by atoms with Crippen LogP contribution in [0.5, 0.6) is 0 Å². The summed E-state index contributed by atoms with van der Waals surface area (Å²) in [6.45, 7) is 0. The summed E-state index contributed by atoms with van der Waals surface area (Å²) in [6.07, 6.45) is 0. The Morgan fingerprint density at radius 2 is 0.293 bits per heavy atom. The lowest BCUT2D eigenvalue weighted by Gasteiger charge is -2.52. The molecule has 462 valence electrons. The van der Waals surface area contributed by atoms with Crippen molar-refractivity contribution in [1.82, 2.24) is 0 Å². The van der Waals surface area contributed by atoms with Gasteiger partial charge in [0.15, 0.2) is 0 Å². The van der Waals surface area contributed by atoms with Crippen molar-refractivity contribution in [1.29, 1.82) is 0 Å². The zero-order chi connectivity index (χ0) is 65.3. The molecule has 0 N–H and O–H groups in total. The minimum Gasteiger partial charge on any atom is -0.382 e. The Morgan fingerprint density at radius 3 is 0.505 bits per heavy atom. The van der Waals surface area contributed by atoms with Gasteiger partial charge in [-0.3, -0.25) is 0 Å². The second kappa shape index (κ2) is 24.2. The molecule has 0 saturated carbocycles. The molecule has 0 spiro atoms. The van der Waals surface area contributed by atoms with Gasteiger partial charge in [-0.2, -0.15) is 0 Å². The van der Waals surface area contributed by atoms with Crippen LogP contribution in [0.4, 0.5) is 51.2 Å². The third-order valence-electron chi connectivity index (χ3n) is 20.3. The van der Waals surface area contributed by atoms with E-state index in [1.165, 1.54) is 33.4 Å². The molecule has 4 aliphatic rings. The Balaban J connectivity index is 0.865. The van der Waals surface area contributed by atoms with E-state index in [1.54, 1.807) is 0 Å². The monoisotopic (exact) mass is 1260 g/mol. The second-order valence-electron chi connectivity index (χ2n) is 26.0. The molecule has 15 aromatic carbocycles. The summed E-state index contributed by atoms with van der Waals surface area (Å²) < 4.78 is 8.19. The van der Waals surface area contributed by atoms with Crippen molar-refractivity contribution in [3.8, 4) is 100 Å². The lowest BCUT2D eigenvalue weighted by Crippen LogP contribution is -2.83. The first-order valence-corrected chi connectivity index (χ1v) is 34.2. The van der Waals surface area contributed by atoms with Crippen LogP contribution in [-0.2, 0) is 0 Å². The Labute approximate surface area is 579 Å². The summed E-state index contributed by atoms with van der Waals surface area (Å²) in [4.78, 5) is 7.99. The van der Waals surface area contributed by atoms with Crippen molar-refractivity contribution in [2.75, 3.05) is 28.6 Å². The molecular weight excluding hydrogens is 1200 g/mol. The highest BCUT2D eigenvalue weighted by Crippen LogP contribution is 2.60. The SMILES string of the molecule is c1ccc(-c2cc(-c3ccccc3)cc(-c3ccccc3N3B4N(B5N(B6N4c4ccccc4N6c4ccccc4-c4cc(-c6ccccc6)cc(-c6ccccc6)c4)c4ccccc4N5c4ccccc4-c4cc(-c5ccccc5)cc(-c5ccccc5)c4)c4ccccc43)c2)cc1. The molecule has 0 aliphatic carbocycles. The normalized spacial score (nSPS) is 13.3. The second-order valence-corrected chi connectivity index (χ2v) is 26.0. The maximum atomic E-state index is 2.73. The molecule has 4 aliphatic heterocycles. The molecule has 6 nitrogen and oxygen atoms in total. The van der Waals surface area contributed by atoms with Gasteiger partial charge in [0.2, 0.25) is 0 Å². The molecule has 0 radical (unpaired) electrons. The molecule has 0 unspecified atom stereocenters. The van der Waals surface area contributed by atoms with Crippen LogP contribution in [0.1, 0.15) is 0 Å². The largest absolute Gasteiger partial charge is 0.489 e. The van der Waals surface area contributed by atoms with Crippen LogP contribution >= 0.6 is 0 Å². The molecule has 0 atom stereocenters. The predicted molar refractivity (Wildman–Crippen MR) is 419 cm³/mol. The van der Waals surface area contributed by atoms with Crippen LogP contribution in [0.15, 0.2) is 382 Å². The van der Waals surface area contributed by atoms with Crippen LogP contribution < -0.4 is 28.6 Å². The molecule has 0 aromatic heterocycles. The van der Waals surface area contributed by atoms with Crippen molar-refractivity contribution in [2.45, 2.75) is 0 Å². The number of benzene rings is 15. The quantitative estimate of drug-likeness (QED) is 0.113. The number of fused-ring (bicyclic) bond motifs is 12. The molecule has 19 rings (SSSR count). The van der Waals surface area contributed by atoms with Gasteiger partial charge in [-0.05, 0) is 193 Å². The number of para-hydroxylation sites is 9. The van der Waals surface area contributed by atoms with E-state index in [4.69, 9.17) is 0 Å². The van der Waals surface area contributed by atoms with E-state index in [0.717, 1.165) is 118 Å². The number of hydrogen-bond donors (Lipinski definition) is 0. The van der Waals surface area contributed by atoms with Gasteiger partial charge in [-0.25, -0.2) is 0 Å². The average Bonchev–Trinajstić information content (AvgIpc) is 1.50. The van der Waals surface area contributed by atoms with E-state index in [1.807, 2.05) is 0 Å². The minimum absolute atomic E-state index is 0.444. The maximum Gasteiger partial charge on any atom is 0.489 e. The molecule has 4 heterocycles. The van der Waals surface area contributed by atoms with Crippen LogP contribution in [0.2, 0.25) is 0 Å². The summed E-state index contributed by atoms with van der Waals surface area (Å²) in [7, 11) is -1.33. The zero-order valence-electron chi connectivity index (χ0n) is 54.3. The molecule has 0 amide bonds. The summed E-state index contributed by atoms with van der Waals surface area (Å²) in [6, 6.07) is 141. The van der Waals surface area contributed by atoms with Crippen molar-refractivity contribution >= 4 is 72.5 Å². The fraction of sp³-hybridized carbons (Fsp3) is 0. The van der Waals surface area contributed by atoms with Gasteiger partial charge >= 0.3 is 21.4 Å². The minimum atomic E-state index is -0.444. The van der Waals surface area contributed by atoms with Crippen LogP contribution in [0.3, 0.4) is 0 Å². The van der Waals surface area contributed by atoms with Gasteiger partial charge in [0.25, 0.3) is 0 Å². The highest BCUT2D eigenvalue weighted by atomic mass is 15.6. The first-order chi connectivity index (χ1) is 49.1. The summed E-state index contributed by atoms with van der Waals surface area (Å²) in [5.41, 5.74) is 30.8. The van der Waals surface area contributed by atoms with E-state index in [2.05, 4.69) is 411 Å². The van der Waals surface area contributed by atoms with Crippen molar-refractivity contribution in [2.24, 2.45) is 0 Å². The number of anilines is 9. The molecule has 15 aromatic rings. The molecule has 9 heteroatoms. The van der Waals surface area contributed by atoms with Crippen LogP contribution in [0, 0.1) is 0 Å². The number of hydrogen-bond acceptors (Lipinski definition) is 6. The molecule has 1 saturated heterocycles.